The van der Waals surface area contributed by atoms with E-state index >= 15 is 0 Å². The molecular formula is C23H37N3O3. The van der Waals surface area contributed by atoms with Crippen LogP contribution in [0.2, 0.25) is 0 Å². The second-order valence-electron chi connectivity index (χ2n) is 9.04. The van der Waals surface area contributed by atoms with E-state index in [2.05, 4.69) is 41.3 Å². The molecular weight excluding hydrogens is 366 g/mol. The van der Waals surface area contributed by atoms with E-state index in [1.54, 1.807) is 14.2 Å². The van der Waals surface area contributed by atoms with Crippen molar-refractivity contribution in [2.24, 2.45) is 0 Å². The van der Waals surface area contributed by atoms with E-state index in [0.29, 0.717) is 6.54 Å². The minimum Gasteiger partial charge on any atom is -0.497 e. The Balaban J connectivity index is 1.64. The molecule has 2 aliphatic rings. The van der Waals surface area contributed by atoms with Crippen LogP contribution in [0.4, 0.5) is 0 Å². The molecule has 6 heteroatoms. The Morgan fingerprint density at radius 2 is 1.79 bits per heavy atom. The number of carbonyl (C=O) groups excluding carboxylic acids is 1. The maximum absolute atomic E-state index is 12.5. The minimum atomic E-state index is -0.0947. The molecule has 1 aliphatic carbocycles. The van der Waals surface area contributed by atoms with Crippen LogP contribution >= 0.6 is 0 Å². The summed E-state index contributed by atoms with van der Waals surface area (Å²) >= 11 is 0. The second-order valence-corrected chi connectivity index (χ2v) is 9.04. The highest BCUT2D eigenvalue weighted by Crippen LogP contribution is 2.41. The lowest BCUT2D eigenvalue weighted by atomic mass is 9.69. The van der Waals surface area contributed by atoms with Crippen LogP contribution in [0.25, 0.3) is 0 Å². The highest BCUT2D eigenvalue weighted by molar-refractivity contribution is 5.80. The topological polar surface area (TPSA) is 54.0 Å². The molecule has 1 saturated carbocycles. The number of benzene rings is 1. The number of methoxy groups -OCH3 is 2. The maximum atomic E-state index is 12.5. The molecule has 1 heterocycles. The first kappa shape index (κ1) is 22.1. The van der Waals surface area contributed by atoms with Crippen molar-refractivity contribution in [3.05, 3.63) is 29.8 Å². The van der Waals surface area contributed by atoms with Crippen molar-refractivity contribution in [2.75, 3.05) is 48.0 Å². The Morgan fingerprint density at radius 3 is 2.38 bits per heavy atom. The molecule has 1 aromatic carbocycles. The number of nitrogens with zero attached hydrogens (tertiary/aromatic N) is 2. The average molecular weight is 404 g/mol. The van der Waals surface area contributed by atoms with Crippen LogP contribution in [0.5, 0.6) is 5.75 Å². The van der Waals surface area contributed by atoms with Crippen LogP contribution in [0, 0.1) is 0 Å². The first-order chi connectivity index (χ1) is 13.9. The van der Waals surface area contributed by atoms with Crippen molar-refractivity contribution >= 4 is 5.91 Å². The third kappa shape index (κ3) is 5.30. The molecule has 29 heavy (non-hydrogen) atoms. The lowest BCUT2D eigenvalue weighted by Gasteiger charge is -2.53. The molecule has 162 valence electrons. The molecule has 1 spiro atoms. The van der Waals surface area contributed by atoms with Gasteiger partial charge in [-0.05, 0) is 70.3 Å². The number of amides is 1. The third-order valence-corrected chi connectivity index (χ3v) is 6.94. The summed E-state index contributed by atoms with van der Waals surface area (Å²) in [6, 6.07) is 8.15. The van der Waals surface area contributed by atoms with E-state index in [9.17, 15) is 4.79 Å². The molecule has 1 saturated heterocycles. The Labute approximate surface area is 175 Å². The standard InChI is InChI=1S/C23H37N3O3/c1-25(2)23(10-5-15-28-3)13-11-22(12-14-23)18-26(17-21(27)24-22)16-19-6-8-20(29-4)9-7-19/h6-9H,5,10-18H2,1-4H3,(H,24,27). The van der Waals surface area contributed by atoms with Crippen LogP contribution in [0.15, 0.2) is 24.3 Å². The van der Waals surface area contributed by atoms with Gasteiger partial charge in [-0.25, -0.2) is 0 Å². The van der Waals surface area contributed by atoms with E-state index in [0.717, 1.165) is 64.0 Å². The van der Waals surface area contributed by atoms with E-state index in [1.165, 1.54) is 5.56 Å². The van der Waals surface area contributed by atoms with Gasteiger partial charge in [0.1, 0.15) is 5.75 Å². The molecule has 1 N–H and O–H groups in total. The van der Waals surface area contributed by atoms with Gasteiger partial charge in [0.2, 0.25) is 5.91 Å². The second kappa shape index (κ2) is 9.45. The van der Waals surface area contributed by atoms with Gasteiger partial charge in [-0.1, -0.05) is 12.1 Å². The SMILES string of the molecule is COCCCC1(N(C)C)CCC2(CC1)CN(Cc1ccc(OC)cc1)CC(=O)N2. The molecule has 0 radical (unpaired) electrons. The zero-order valence-corrected chi connectivity index (χ0v) is 18.5. The van der Waals surface area contributed by atoms with Crippen LogP contribution in [-0.2, 0) is 16.1 Å². The predicted molar refractivity (Wildman–Crippen MR) is 115 cm³/mol. The number of hydrogen-bond donors (Lipinski definition) is 1. The van der Waals surface area contributed by atoms with Crippen molar-refractivity contribution < 1.29 is 14.3 Å². The Kier molecular flexibility index (Phi) is 7.19. The van der Waals surface area contributed by atoms with Crippen molar-refractivity contribution in [1.29, 1.82) is 0 Å². The number of carbonyl (C=O) groups is 1. The number of piperazine rings is 1. The monoisotopic (exact) mass is 403 g/mol. The Morgan fingerprint density at radius 1 is 1.10 bits per heavy atom. The van der Waals surface area contributed by atoms with E-state index < -0.39 is 0 Å². The molecule has 6 nitrogen and oxygen atoms in total. The molecule has 0 unspecified atom stereocenters. The van der Waals surface area contributed by atoms with Gasteiger partial charge in [0.25, 0.3) is 0 Å². The van der Waals surface area contributed by atoms with Crippen molar-refractivity contribution in [3.63, 3.8) is 0 Å². The van der Waals surface area contributed by atoms with Gasteiger partial charge in [0.15, 0.2) is 0 Å². The summed E-state index contributed by atoms with van der Waals surface area (Å²) in [6.45, 7) is 3.01. The average Bonchev–Trinajstić information content (AvgIpc) is 2.70. The van der Waals surface area contributed by atoms with Gasteiger partial charge in [-0.15, -0.1) is 0 Å². The smallest absolute Gasteiger partial charge is 0.234 e. The van der Waals surface area contributed by atoms with E-state index in [1.807, 2.05) is 12.1 Å². The van der Waals surface area contributed by atoms with Crippen LogP contribution in [0.3, 0.4) is 0 Å². The van der Waals surface area contributed by atoms with Crippen LogP contribution in [0.1, 0.15) is 44.1 Å². The lowest BCUT2D eigenvalue weighted by Crippen LogP contribution is -2.66. The molecule has 1 aliphatic heterocycles. The fourth-order valence-electron chi connectivity index (χ4n) is 5.11. The summed E-state index contributed by atoms with van der Waals surface area (Å²) in [4.78, 5) is 17.2. The summed E-state index contributed by atoms with van der Waals surface area (Å²) in [6.07, 6.45) is 6.51. The van der Waals surface area contributed by atoms with Gasteiger partial charge in [-0.2, -0.15) is 0 Å². The van der Waals surface area contributed by atoms with Crippen molar-refractivity contribution in [1.82, 2.24) is 15.1 Å². The minimum absolute atomic E-state index is 0.0947. The highest BCUT2D eigenvalue weighted by atomic mass is 16.5. The highest BCUT2D eigenvalue weighted by Gasteiger charge is 2.46. The summed E-state index contributed by atoms with van der Waals surface area (Å²) in [7, 11) is 7.84. The molecule has 1 amide bonds. The zero-order chi connectivity index (χ0) is 20.9. The summed E-state index contributed by atoms with van der Waals surface area (Å²) in [5.74, 6) is 1.02. The zero-order valence-electron chi connectivity index (χ0n) is 18.5. The van der Waals surface area contributed by atoms with E-state index in [-0.39, 0.29) is 17.0 Å². The van der Waals surface area contributed by atoms with Crippen LogP contribution < -0.4 is 10.1 Å². The number of hydrogen-bond acceptors (Lipinski definition) is 5. The van der Waals surface area contributed by atoms with Gasteiger partial charge in [0.05, 0.1) is 19.2 Å². The number of ether oxygens (including phenoxy) is 2. The molecule has 3 rings (SSSR count). The van der Waals surface area contributed by atoms with Gasteiger partial charge in [-0.3, -0.25) is 9.69 Å². The van der Waals surface area contributed by atoms with Gasteiger partial charge >= 0.3 is 0 Å². The Bertz CT molecular complexity index is 666. The van der Waals surface area contributed by atoms with Gasteiger partial charge in [0, 0.05) is 32.3 Å². The summed E-state index contributed by atoms with van der Waals surface area (Å²) in [5, 5.41) is 3.37. The molecule has 1 aromatic rings. The third-order valence-electron chi connectivity index (χ3n) is 6.94. The molecule has 2 fully saturated rings. The first-order valence-corrected chi connectivity index (χ1v) is 10.7. The quantitative estimate of drug-likeness (QED) is 0.677. The largest absolute Gasteiger partial charge is 0.497 e. The molecule has 0 bridgehead atoms. The Hall–Kier alpha value is -1.63. The fraction of sp³-hybridized carbons (Fsp3) is 0.696. The first-order valence-electron chi connectivity index (χ1n) is 10.7. The van der Waals surface area contributed by atoms with Gasteiger partial charge < -0.3 is 19.7 Å². The number of rotatable bonds is 8. The van der Waals surface area contributed by atoms with Crippen LogP contribution in [-0.4, -0.2) is 74.8 Å². The van der Waals surface area contributed by atoms with E-state index in [4.69, 9.17) is 9.47 Å². The summed E-state index contributed by atoms with van der Waals surface area (Å²) < 4.78 is 10.5. The predicted octanol–water partition coefficient (Wildman–Crippen LogP) is 2.67. The molecule has 0 aromatic heterocycles. The fourth-order valence-corrected chi connectivity index (χ4v) is 5.11. The van der Waals surface area contributed by atoms with Crippen molar-refractivity contribution in [3.8, 4) is 5.75 Å². The normalized spacial score (nSPS) is 28.0. The maximum Gasteiger partial charge on any atom is 0.234 e. The summed E-state index contributed by atoms with van der Waals surface area (Å²) in [5.41, 5.74) is 1.34. The lowest BCUT2D eigenvalue weighted by molar-refractivity contribution is -0.130. The van der Waals surface area contributed by atoms with Crippen molar-refractivity contribution in [2.45, 2.75) is 56.1 Å². The number of nitrogens with one attached hydrogen (secondary N) is 1. The molecule has 0 atom stereocenters.